The highest BCUT2D eigenvalue weighted by atomic mass is 19.1. The molecule has 2 heterocycles. The highest BCUT2D eigenvalue weighted by molar-refractivity contribution is 6.00. The minimum atomic E-state index is -0.441. The summed E-state index contributed by atoms with van der Waals surface area (Å²) in [6.45, 7) is 3.00. The fraction of sp³-hybridized carbons (Fsp3) is 0.500. The number of nitrogens with zero attached hydrogens (tertiary/aromatic N) is 4. The topological polar surface area (TPSA) is 51.0 Å². The molecule has 0 spiro atoms. The highest BCUT2D eigenvalue weighted by Gasteiger charge is 2.32. The number of benzene rings is 1. The second kappa shape index (κ2) is 6.00. The van der Waals surface area contributed by atoms with E-state index in [1.807, 2.05) is 12.4 Å². The molecule has 2 aliphatic rings. The molecule has 2 aromatic rings. The number of carbonyl (C=O) groups excluding carboxylic acids is 1. The van der Waals surface area contributed by atoms with Crippen LogP contribution >= 0.6 is 0 Å². The molecule has 1 saturated carbocycles. The Hall–Kier alpha value is -2.24. The van der Waals surface area contributed by atoms with E-state index in [4.69, 9.17) is 0 Å². The quantitative estimate of drug-likeness (QED) is 0.808. The van der Waals surface area contributed by atoms with Gasteiger partial charge in [0, 0.05) is 25.0 Å². The zero-order chi connectivity index (χ0) is 16.7. The molecule has 24 heavy (non-hydrogen) atoms. The Bertz CT molecular complexity index is 768. The Morgan fingerprint density at radius 1 is 1.29 bits per heavy atom. The zero-order valence-electron chi connectivity index (χ0n) is 13.8. The maximum absolute atomic E-state index is 14.1. The highest BCUT2D eigenvalue weighted by Crippen LogP contribution is 2.39. The average Bonchev–Trinajstić information content (AvgIpc) is 3.31. The predicted octanol–water partition coefficient (Wildman–Crippen LogP) is 3.34. The van der Waals surface area contributed by atoms with Gasteiger partial charge in [0.2, 0.25) is 0 Å². The summed E-state index contributed by atoms with van der Waals surface area (Å²) in [7, 11) is 0. The Morgan fingerprint density at radius 2 is 2.12 bits per heavy atom. The van der Waals surface area contributed by atoms with Crippen molar-refractivity contribution in [1.82, 2.24) is 14.8 Å². The van der Waals surface area contributed by atoms with Gasteiger partial charge in [-0.15, -0.1) is 10.2 Å². The van der Waals surface area contributed by atoms with Crippen molar-refractivity contribution in [3.63, 3.8) is 0 Å². The molecule has 4 rings (SSSR count). The van der Waals surface area contributed by atoms with Gasteiger partial charge in [0.15, 0.2) is 5.78 Å². The van der Waals surface area contributed by atoms with Gasteiger partial charge >= 0.3 is 0 Å². The van der Waals surface area contributed by atoms with Crippen LogP contribution in [-0.4, -0.2) is 33.6 Å². The molecule has 0 unspecified atom stereocenters. The van der Waals surface area contributed by atoms with E-state index < -0.39 is 5.82 Å². The molecule has 1 saturated heterocycles. The van der Waals surface area contributed by atoms with Crippen LogP contribution in [0.5, 0.6) is 0 Å². The second-order valence-electron chi connectivity index (χ2n) is 6.80. The molecule has 126 valence electrons. The van der Waals surface area contributed by atoms with Crippen LogP contribution in [0.3, 0.4) is 0 Å². The lowest BCUT2D eigenvalue weighted by Crippen LogP contribution is -2.36. The molecule has 1 aromatic carbocycles. The fourth-order valence-electron chi connectivity index (χ4n) is 3.71. The van der Waals surface area contributed by atoms with Crippen molar-refractivity contribution in [2.24, 2.45) is 0 Å². The number of piperidine rings is 1. The van der Waals surface area contributed by atoms with Crippen LogP contribution in [0, 0.1) is 5.82 Å². The van der Waals surface area contributed by atoms with Gasteiger partial charge in [-0.05, 0) is 44.7 Å². The van der Waals surface area contributed by atoms with Gasteiger partial charge in [-0.25, -0.2) is 4.39 Å². The summed E-state index contributed by atoms with van der Waals surface area (Å²) in [5, 5.41) is 8.45. The third-order valence-electron chi connectivity index (χ3n) is 5.01. The number of Topliss-reactive ketones (excluding diaryl/α,β-unsaturated/α-hetero) is 1. The minimum absolute atomic E-state index is 0.196. The van der Waals surface area contributed by atoms with Crippen LogP contribution in [0.25, 0.3) is 0 Å². The number of carbonyl (C=O) groups is 1. The van der Waals surface area contributed by atoms with E-state index in [1.54, 1.807) is 6.07 Å². The third-order valence-corrected chi connectivity index (χ3v) is 5.01. The summed E-state index contributed by atoms with van der Waals surface area (Å²) in [4.78, 5) is 14.0. The van der Waals surface area contributed by atoms with E-state index >= 15 is 0 Å². The lowest BCUT2D eigenvalue weighted by Gasteiger charge is -2.35. The van der Waals surface area contributed by atoms with Crippen LogP contribution in [0.15, 0.2) is 24.5 Å². The summed E-state index contributed by atoms with van der Waals surface area (Å²) in [5.41, 5.74) is 0.895. The number of rotatable bonds is 4. The van der Waals surface area contributed by atoms with Gasteiger partial charge in [-0.2, -0.15) is 0 Å². The summed E-state index contributed by atoms with van der Waals surface area (Å²) in [6, 6.07) is 5.42. The van der Waals surface area contributed by atoms with Gasteiger partial charge in [0.25, 0.3) is 0 Å². The molecule has 6 heteroatoms. The Labute approximate surface area is 140 Å². The first-order valence-electron chi connectivity index (χ1n) is 8.59. The average molecular weight is 328 g/mol. The summed E-state index contributed by atoms with van der Waals surface area (Å²) >= 11 is 0. The molecule has 0 bridgehead atoms. The molecular formula is C18H21FN4O. The van der Waals surface area contributed by atoms with Gasteiger partial charge in [-0.1, -0.05) is 6.07 Å². The van der Waals surface area contributed by atoms with Gasteiger partial charge in [0.1, 0.15) is 18.0 Å². The molecule has 1 aliphatic heterocycles. The second-order valence-corrected chi connectivity index (χ2v) is 6.80. The van der Waals surface area contributed by atoms with Crippen molar-refractivity contribution in [3.05, 3.63) is 41.7 Å². The fourth-order valence-corrected chi connectivity index (χ4v) is 3.71. The van der Waals surface area contributed by atoms with Crippen LogP contribution in [0.2, 0.25) is 0 Å². The Morgan fingerprint density at radius 3 is 2.88 bits per heavy atom. The number of ketones is 1. The smallest absolute Gasteiger partial charge is 0.164 e. The van der Waals surface area contributed by atoms with Crippen LogP contribution in [-0.2, 0) is 0 Å². The number of aromatic nitrogens is 3. The predicted molar refractivity (Wildman–Crippen MR) is 88.9 cm³/mol. The van der Waals surface area contributed by atoms with Crippen molar-refractivity contribution >= 4 is 11.5 Å². The molecule has 1 aromatic heterocycles. The maximum Gasteiger partial charge on any atom is 0.164 e. The van der Waals surface area contributed by atoms with E-state index in [2.05, 4.69) is 19.7 Å². The van der Waals surface area contributed by atoms with Crippen LogP contribution < -0.4 is 4.90 Å². The first-order valence-corrected chi connectivity index (χ1v) is 8.59. The zero-order valence-corrected chi connectivity index (χ0v) is 13.8. The lowest BCUT2D eigenvalue weighted by molar-refractivity contribution is 0.101. The molecule has 1 aliphatic carbocycles. The van der Waals surface area contributed by atoms with Crippen molar-refractivity contribution in [2.75, 3.05) is 18.0 Å². The van der Waals surface area contributed by atoms with E-state index in [0.717, 1.165) is 31.8 Å². The summed E-state index contributed by atoms with van der Waals surface area (Å²) in [5.74, 6) is 0.627. The van der Waals surface area contributed by atoms with E-state index in [1.165, 1.54) is 25.8 Å². The Balaban J connectivity index is 1.63. The van der Waals surface area contributed by atoms with Crippen molar-refractivity contribution in [3.8, 4) is 0 Å². The van der Waals surface area contributed by atoms with Gasteiger partial charge in [-0.3, -0.25) is 4.79 Å². The minimum Gasteiger partial charge on any atom is -0.370 e. The maximum atomic E-state index is 14.1. The largest absolute Gasteiger partial charge is 0.370 e. The van der Waals surface area contributed by atoms with Crippen LogP contribution in [0.1, 0.15) is 60.7 Å². The first-order chi connectivity index (χ1) is 11.6. The molecule has 2 fully saturated rings. The number of halogens is 1. The lowest BCUT2D eigenvalue weighted by atomic mass is 9.95. The molecule has 0 amide bonds. The van der Waals surface area contributed by atoms with Crippen molar-refractivity contribution in [1.29, 1.82) is 0 Å². The van der Waals surface area contributed by atoms with Crippen molar-refractivity contribution in [2.45, 2.75) is 44.6 Å². The summed E-state index contributed by atoms with van der Waals surface area (Å²) in [6.07, 6.45) is 6.26. The molecule has 1 atom stereocenters. The SMILES string of the molecule is CC(=O)c1c(F)cccc1N1CCC[C@@H](c2nncn2C2CC2)C1. The third kappa shape index (κ3) is 2.70. The van der Waals surface area contributed by atoms with E-state index in [-0.39, 0.29) is 17.3 Å². The Kier molecular flexibility index (Phi) is 3.82. The van der Waals surface area contributed by atoms with Crippen molar-refractivity contribution < 1.29 is 9.18 Å². The number of hydrogen-bond acceptors (Lipinski definition) is 4. The van der Waals surface area contributed by atoms with E-state index in [9.17, 15) is 9.18 Å². The van der Waals surface area contributed by atoms with Crippen LogP contribution in [0.4, 0.5) is 10.1 Å². The molecule has 0 radical (unpaired) electrons. The normalized spacial score (nSPS) is 21.1. The number of anilines is 1. The monoisotopic (exact) mass is 328 g/mol. The molecule has 0 N–H and O–H groups in total. The standard InChI is InChI=1S/C18H21FN4O/c1-12(24)17-15(19)5-2-6-16(17)22-9-3-4-13(10-22)18-21-20-11-23(18)14-7-8-14/h2,5-6,11,13-14H,3-4,7-10H2,1H3/t13-/m1/s1. The van der Waals surface area contributed by atoms with Gasteiger partial charge < -0.3 is 9.47 Å². The first kappa shape index (κ1) is 15.3. The number of hydrogen-bond donors (Lipinski definition) is 0. The molecule has 5 nitrogen and oxygen atoms in total. The summed E-state index contributed by atoms with van der Waals surface area (Å²) < 4.78 is 16.3. The van der Waals surface area contributed by atoms with Gasteiger partial charge in [0.05, 0.1) is 11.3 Å². The van der Waals surface area contributed by atoms with E-state index in [0.29, 0.717) is 11.7 Å². The molecular weight excluding hydrogens is 307 g/mol.